The van der Waals surface area contributed by atoms with Crippen molar-refractivity contribution >= 4 is 23.7 Å². The van der Waals surface area contributed by atoms with Crippen molar-refractivity contribution in [1.82, 2.24) is 15.6 Å². The van der Waals surface area contributed by atoms with E-state index in [0.29, 0.717) is 23.4 Å². The zero-order valence-electron chi connectivity index (χ0n) is 16.3. The largest absolute Gasteiger partial charge is 0.431 e. The summed E-state index contributed by atoms with van der Waals surface area (Å²) in [4.78, 5) is 28.3. The molecular formula is C22H23N3O3S. The number of amides is 3. The summed E-state index contributed by atoms with van der Waals surface area (Å²) in [5, 5.41) is 5.33. The van der Waals surface area contributed by atoms with Crippen LogP contribution >= 0.6 is 11.8 Å². The molecule has 0 fully saturated rings. The van der Waals surface area contributed by atoms with E-state index in [4.69, 9.17) is 4.42 Å². The Morgan fingerprint density at radius 2 is 1.62 bits per heavy atom. The van der Waals surface area contributed by atoms with Crippen LogP contribution in [0, 0.1) is 5.92 Å². The van der Waals surface area contributed by atoms with Crippen molar-refractivity contribution in [1.29, 1.82) is 0 Å². The smallest absolute Gasteiger partial charge is 0.321 e. The number of carbonyl (C=O) groups is 2. The van der Waals surface area contributed by atoms with Crippen LogP contribution in [0.15, 0.2) is 70.3 Å². The Bertz CT molecular complexity index is 899. The van der Waals surface area contributed by atoms with Gasteiger partial charge in [-0.25, -0.2) is 9.78 Å². The highest BCUT2D eigenvalue weighted by Crippen LogP contribution is 2.35. The molecule has 3 amide bonds. The van der Waals surface area contributed by atoms with Gasteiger partial charge in [0, 0.05) is 17.7 Å². The lowest BCUT2D eigenvalue weighted by molar-refractivity contribution is -0.117. The fourth-order valence-corrected chi connectivity index (χ4v) is 3.19. The van der Waals surface area contributed by atoms with Crippen LogP contribution in [0.3, 0.4) is 0 Å². The zero-order chi connectivity index (χ0) is 20.6. The van der Waals surface area contributed by atoms with E-state index < -0.39 is 11.9 Å². The summed E-state index contributed by atoms with van der Waals surface area (Å²) < 4.78 is 5.96. The fraction of sp³-hybridized carbons (Fsp3) is 0.227. The van der Waals surface area contributed by atoms with Gasteiger partial charge in [-0.3, -0.25) is 10.1 Å². The number of hydrogen-bond acceptors (Lipinski definition) is 5. The van der Waals surface area contributed by atoms with Gasteiger partial charge >= 0.3 is 6.03 Å². The number of aromatic nitrogens is 1. The molecule has 0 aliphatic rings. The van der Waals surface area contributed by atoms with Gasteiger partial charge in [0.15, 0.2) is 5.76 Å². The van der Waals surface area contributed by atoms with E-state index in [9.17, 15) is 9.59 Å². The third-order valence-corrected chi connectivity index (χ3v) is 4.77. The number of urea groups is 1. The van der Waals surface area contributed by atoms with E-state index >= 15 is 0 Å². The van der Waals surface area contributed by atoms with Crippen molar-refractivity contribution in [3.63, 3.8) is 0 Å². The van der Waals surface area contributed by atoms with E-state index in [1.54, 1.807) is 0 Å². The minimum atomic E-state index is -0.494. The predicted molar refractivity (Wildman–Crippen MR) is 114 cm³/mol. The van der Waals surface area contributed by atoms with Gasteiger partial charge in [0.25, 0.3) is 5.22 Å². The van der Waals surface area contributed by atoms with E-state index in [-0.39, 0.29) is 5.75 Å². The maximum atomic E-state index is 12.0. The predicted octanol–water partition coefficient (Wildman–Crippen LogP) is 4.58. The topological polar surface area (TPSA) is 84.2 Å². The van der Waals surface area contributed by atoms with Crippen molar-refractivity contribution in [2.45, 2.75) is 19.1 Å². The first-order valence-electron chi connectivity index (χ1n) is 9.35. The number of hydrogen-bond donors (Lipinski definition) is 2. The van der Waals surface area contributed by atoms with Crippen molar-refractivity contribution in [3.05, 3.63) is 60.7 Å². The molecule has 0 bridgehead atoms. The van der Waals surface area contributed by atoms with Gasteiger partial charge < -0.3 is 9.73 Å². The number of rotatable bonds is 7. The summed E-state index contributed by atoms with van der Waals surface area (Å²) in [5.41, 5.74) is 2.55. The van der Waals surface area contributed by atoms with E-state index in [1.807, 2.05) is 74.5 Å². The molecule has 6 nitrogen and oxygen atoms in total. The van der Waals surface area contributed by atoms with Gasteiger partial charge in [-0.15, -0.1) is 0 Å². The minimum absolute atomic E-state index is 0.0259. The maximum absolute atomic E-state index is 12.0. The lowest BCUT2D eigenvalue weighted by Crippen LogP contribution is -2.41. The van der Waals surface area contributed by atoms with Crippen LogP contribution in [-0.4, -0.2) is 29.2 Å². The van der Waals surface area contributed by atoms with Crippen LogP contribution < -0.4 is 10.6 Å². The van der Waals surface area contributed by atoms with Crippen molar-refractivity contribution in [2.75, 3.05) is 12.3 Å². The molecule has 2 N–H and O–H groups in total. The summed E-state index contributed by atoms with van der Waals surface area (Å²) in [6.45, 7) is 4.47. The van der Waals surface area contributed by atoms with E-state index in [0.717, 1.165) is 28.6 Å². The highest BCUT2D eigenvalue weighted by molar-refractivity contribution is 7.99. The van der Waals surface area contributed by atoms with Crippen molar-refractivity contribution < 1.29 is 14.0 Å². The summed E-state index contributed by atoms with van der Waals surface area (Å²) in [5.74, 6) is 0.578. The zero-order valence-corrected chi connectivity index (χ0v) is 17.2. The highest BCUT2D eigenvalue weighted by atomic mass is 32.2. The van der Waals surface area contributed by atoms with Gasteiger partial charge in [-0.1, -0.05) is 86.3 Å². The number of nitrogens with one attached hydrogen (secondary N) is 2. The van der Waals surface area contributed by atoms with Gasteiger partial charge in [-0.2, -0.15) is 0 Å². The first kappa shape index (κ1) is 20.7. The molecule has 3 aromatic rings. The van der Waals surface area contributed by atoms with Gasteiger partial charge in [0.2, 0.25) is 5.91 Å². The van der Waals surface area contributed by atoms with Crippen LogP contribution in [0.1, 0.15) is 13.8 Å². The van der Waals surface area contributed by atoms with E-state index in [2.05, 4.69) is 15.6 Å². The third kappa shape index (κ3) is 5.96. The lowest BCUT2D eigenvalue weighted by atomic mass is 10.1. The minimum Gasteiger partial charge on any atom is -0.431 e. The Labute approximate surface area is 174 Å². The molecule has 0 radical (unpaired) electrons. The molecule has 0 atom stereocenters. The molecule has 7 heteroatoms. The Hall–Kier alpha value is -3.06. The molecule has 150 valence electrons. The van der Waals surface area contributed by atoms with E-state index in [1.165, 1.54) is 0 Å². The Balaban J connectivity index is 1.71. The summed E-state index contributed by atoms with van der Waals surface area (Å²) in [7, 11) is 0. The number of oxazole rings is 1. The monoisotopic (exact) mass is 409 g/mol. The van der Waals surface area contributed by atoms with Gasteiger partial charge in [0.1, 0.15) is 5.69 Å². The van der Waals surface area contributed by atoms with Crippen LogP contribution in [0.5, 0.6) is 0 Å². The molecule has 0 saturated carbocycles. The van der Waals surface area contributed by atoms with Gasteiger partial charge in [0.05, 0.1) is 5.75 Å². The lowest BCUT2D eigenvalue weighted by Gasteiger charge is -2.07. The normalized spacial score (nSPS) is 10.7. The number of thioether (sulfide) groups is 1. The average Bonchev–Trinajstić information content (AvgIpc) is 3.16. The molecule has 1 heterocycles. The van der Waals surface area contributed by atoms with Crippen LogP contribution in [0.25, 0.3) is 22.6 Å². The van der Waals surface area contributed by atoms with Crippen LogP contribution in [0.4, 0.5) is 4.79 Å². The molecular weight excluding hydrogens is 386 g/mol. The Morgan fingerprint density at radius 3 is 2.24 bits per heavy atom. The SMILES string of the molecule is CC(C)CNC(=O)NC(=O)CSc1nc(-c2ccccc2)c(-c2ccccc2)o1. The van der Waals surface area contributed by atoms with Crippen molar-refractivity contribution in [3.8, 4) is 22.6 Å². The standard InChI is InChI=1S/C22H23N3O3S/c1-15(2)13-23-21(27)24-18(26)14-29-22-25-19(16-9-5-3-6-10-16)20(28-22)17-11-7-4-8-12-17/h3-12,15H,13-14H2,1-2H3,(H2,23,24,26,27). The van der Waals surface area contributed by atoms with Crippen LogP contribution in [-0.2, 0) is 4.79 Å². The second-order valence-corrected chi connectivity index (χ2v) is 7.76. The average molecular weight is 410 g/mol. The highest BCUT2D eigenvalue weighted by Gasteiger charge is 2.18. The quantitative estimate of drug-likeness (QED) is 0.558. The summed E-state index contributed by atoms with van der Waals surface area (Å²) in [6.07, 6.45) is 0. The molecule has 0 unspecified atom stereocenters. The molecule has 0 saturated heterocycles. The Kier molecular flexibility index (Phi) is 7.08. The second kappa shape index (κ2) is 9.93. The number of imide groups is 1. The molecule has 0 aliphatic heterocycles. The van der Waals surface area contributed by atoms with Crippen LogP contribution in [0.2, 0.25) is 0 Å². The molecule has 1 aromatic heterocycles. The third-order valence-electron chi connectivity index (χ3n) is 3.94. The number of benzene rings is 2. The summed E-state index contributed by atoms with van der Waals surface area (Å²) in [6, 6.07) is 19.0. The molecule has 0 aliphatic carbocycles. The second-order valence-electron chi connectivity index (χ2n) is 6.83. The maximum Gasteiger partial charge on any atom is 0.321 e. The summed E-state index contributed by atoms with van der Waals surface area (Å²) >= 11 is 1.15. The number of carbonyl (C=O) groups excluding carboxylic acids is 2. The first-order chi connectivity index (χ1) is 14.0. The Morgan fingerprint density at radius 1 is 1.00 bits per heavy atom. The molecule has 2 aromatic carbocycles. The molecule has 0 spiro atoms. The fourth-order valence-electron chi connectivity index (χ4n) is 2.57. The number of nitrogens with zero attached hydrogens (tertiary/aromatic N) is 1. The first-order valence-corrected chi connectivity index (χ1v) is 10.3. The molecule has 3 rings (SSSR count). The molecule has 29 heavy (non-hydrogen) atoms. The van der Waals surface area contributed by atoms with Gasteiger partial charge in [-0.05, 0) is 5.92 Å². The van der Waals surface area contributed by atoms with Crippen molar-refractivity contribution in [2.24, 2.45) is 5.92 Å².